The maximum absolute atomic E-state index is 4.26. The first-order valence-corrected chi connectivity index (χ1v) is 6.25. The number of aromatic nitrogens is 6. The van der Waals surface area contributed by atoms with Gasteiger partial charge in [-0.05, 0) is 12.8 Å². The van der Waals surface area contributed by atoms with Crippen molar-refractivity contribution < 1.29 is 0 Å². The van der Waals surface area contributed by atoms with E-state index >= 15 is 0 Å². The molecule has 0 bridgehead atoms. The lowest BCUT2D eigenvalue weighted by Crippen LogP contribution is -2.44. The quantitative estimate of drug-likeness (QED) is 0.600. The summed E-state index contributed by atoms with van der Waals surface area (Å²) in [6.45, 7) is 0.659. The van der Waals surface area contributed by atoms with Crippen molar-refractivity contribution in [3.05, 3.63) is 22.8 Å². The Morgan fingerprint density at radius 1 is 0.895 bits per heavy atom. The standard InChI is InChI=1S/C10H13N9/c1-2-10(5-11-17-16-10)4-9-8(14-19-15-9)3-7-6(1)12-18-13-7/h1-5H2,(H,11,16)(H,12,13,18)(H,14,15,19). The van der Waals surface area contributed by atoms with Crippen LogP contribution in [0.5, 0.6) is 0 Å². The van der Waals surface area contributed by atoms with Crippen LogP contribution in [0.4, 0.5) is 0 Å². The number of nitrogens with zero attached hydrogens (tertiary/aromatic N) is 6. The lowest BCUT2D eigenvalue weighted by Gasteiger charge is -2.25. The van der Waals surface area contributed by atoms with E-state index in [4.69, 9.17) is 0 Å². The molecule has 0 amide bonds. The first-order chi connectivity index (χ1) is 9.35. The summed E-state index contributed by atoms with van der Waals surface area (Å²) < 4.78 is 0. The van der Waals surface area contributed by atoms with Gasteiger partial charge in [0.1, 0.15) is 0 Å². The summed E-state index contributed by atoms with van der Waals surface area (Å²) in [6, 6.07) is 0. The number of aryl methyl sites for hydroxylation is 1. The molecule has 9 heteroatoms. The van der Waals surface area contributed by atoms with Crippen LogP contribution in [0, 0.1) is 0 Å². The zero-order chi connectivity index (χ0) is 12.7. The highest BCUT2D eigenvalue weighted by molar-refractivity contribution is 5.24. The van der Waals surface area contributed by atoms with Crippen LogP contribution in [-0.2, 0) is 19.3 Å². The average molecular weight is 259 g/mol. The minimum absolute atomic E-state index is 0.174. The zero-order valence-electron chi connectivity index (χ0n) is 10.2. The van der Waals surface area contributed by atoms with Crippen molar-refractivity contribution in [3.63, 3.8) is 0 Å². The van der Waals surface area contributed by atoms with Crippen LogP contribution >= 0.6 is 0 Å². The average Bonchev–Trinajstić information content (AvgIpc) is 3.11. The predicted octanol–water partition coefficient (Wildman–Crippen LogP) is -0.289. The molecular weight excluding hydrogens is 246 g/mol. The topological polar surface area (TPSA) is 120 Å². The first-order valence-electron chi connectivity index (χ1n) is 6.25. The normalized spacial score (nSPS) is 25.3. The molecule has 0 radical (unpaired) electrons. The number of H-pyrrole nitrogens is 2. The van der Waals surface area contributed by atoms with Gasteiger partial charge in [-0.25, -0.2) is 0 Å². The fourth-order valence-corrected chi connectivity index (χ4v) is 2.68. The molecule has 0 aromatic carbocycles. The van der Waals surface area contributed by atoms with Crippen LogP contribution in [-0.4, -0.2) is 42.9 Å². The van der Waals surface area contributed by atoms with Crippen LogP contribution in [0.1, 0.15) is 29.2 Å². The van der Waals surface area contributed by atoms with Crippen molar-refractivity contribution >= 4 is 0 Å². The van der Waals surface area contributed by atoms with Crippen LogP contribution in [0.25, 0.3) is 0 Å². The van der Waals surface area contributed by atoms with Gasteiger partial charge in [-0.2, -0.15) is 35.9 Å². The smallest absolute Gasteiger partial charge is 0.0918 e. The minimum Gasteiger partial charge on any atom is -0.283 e. The van der Waals surface area contributed by atoms with E-state index in [-0.39, 0.29) is 5.54 Å². The Balaban J connectivity index is 1.77. The van der Waals surface area contributed by atoms with E-state index in [1.165, 1.54) is 0 Å². The van der Waals surface area contributed by atoms with Gasteiger partial charge in [0.05, 0.1) is 34.9 Å². The molecule has 3 heterocycles. The van der Waals surface area contributed by atoms with Gasteiger partial charge in [0.15, 0.2) is 0 Å². The third-order valence-electron chi connectivity index (χ3n) is 3.82. The molecule has 1 aliphatic heterocycles. The van der Waals surface area contributed by atoms with Crippen molar-refractivity contribution in [1.29, 1.82) is 0 Å². The Kier molecular flexibility index (Phi) is 2.14. The van der Waals surface area contributed by atoms with E-state index in [2.05, 4.69) is 46.6 Å². The fraction of sp³-hybridized carbons (Fsp3) is 0.600. The van der Waals surface area contributed by atoms with E-state index in [1.807, 2.05) is 0 Å². The zero-order valence-corrected chi connectivity index (χ0v) is 10.2. The third-order valence-corrected chi connectivity index (χ3v) is 3.82. The second kappa shape index (κ2) is 3.84. The Hall–Kier alpha value is -2.32. The molecule has 1 aliphatic carbocycles. The molecule has 1 spiro atoms. The number of hydrogen-bond acceptors (Lipinski definition) is 7. The molecule has 2 aromatic heterocycles. The Bertz CT molecular complexity index is 616. The van der Waals surface area contributed by atoms with E-state index in [1.54, 1.807) is 0 Å². The highest BCUT2D eigenvalue weighted by Gasteiger charge is 2.37. The lowest BCUT2D eigenvalue weighted by molar-refractivity contribution is 0.348. The highest BCUT2D eigenvalue weighted by atomic mass is 15.5. The molecule has 9 nitrogen and oxygen atoms in total. The number of nitrogens with one attached hydrogen (secondary N) is 3. The molecule has 0 saturated heterocycles. The van der Waals surface area contributed by atoms with E-state index < -0.39 is 0 Å². The van der Waals surface area contributed by atoms with Crippen LogP contribution in [0.15, 0.2) is 10.3 Å². The van der Waals surface area contributed by atoms with Gasteiger partial charge in [-0.1, -0.05) is 5.22 Å². The summed E-state index contributed by atoms with van der Waals surface area (Å²) in [6.07, 6.45) is 3.16. The van der Waals surface area contributed by atoms with E-state index in [0.29, 0.717) is 13.0 Å². The van der Waals surface area contributed by atoms with Crippen LogP contribution in [0.2, 0.25) is 0 Å². The molecule has 4 rings (SSSR count). The van der Waals surface area contributed by atoms with Crippen LogP contribution in [0.3, 0.4) is 0 Å². The molecule has 0 fully saturated rings. The molecule has 1 unspecified atom stereocenters. The van der Waals surface area contributed by atoms with Crippen molar-refractivity contribution in [2.24, 2.45) is 10.3 Å². The summed E-state index contributed by atoms with van der Waals surface area (Å²) in [5, 5.41) is 30.3. The molecular formula is C10H13N9. The van der Waals surface area contributed by atoms with Gasteiger partial charge in [-0.3, -0.25) is 5.43 Å². The van der Waals surface area contributed by atoms with Crippen molar-refractivity contribution in [1.82, 2.24) is 36.2 Å². The highest BCUT2D eigenvalue weighted by Crippen LogP contribution is 2.27. The van der Waals surface area contributed by atoms with Gasteiger partial charge in [-0.15, -0.1) is 0 Å². The molecule has 2 aliphatic rings. The van der Waals surface area contributed by atoms with Crippen molar-refractivity contribution in [3.8, 4) is 0 Å². The number of rotatable bonds is 0. The second-order valence-corrected chi connectivity index (χ2v) is 5.08. The molecule has 3 N–H and O–H groups in total. The summed E-state index contributed by atoms with van der Waals surface area (Å²) >= 11 is 0. The molecule has 0 saturated carbocycles. The van der Waals surface area contributed by atoms with Crippen molar-refractivity contribution in [2.75, 3.05) is 6.54 Å². The maximum atomic E-state index is 4.26. The van der Waals surface area contributed by atoms with Gasteiger partial charge in [0.25, 0.3) is 0 Å². The Labute approximate surface area is 108 Å². The van der Waals surface area contributed by atoms with Gasteiger partial charge >= 0.3 is 0 Å². The minimum atomic E-state index is -0.174. The monoisotopic (exact) mass is 259 g/mol. The van der Waals surface area contributed by atoms with Crippen LogP contribution < -0.4 is 5.43 Å². The number of fused-ring (bicyclic) bond motifs is 2. The summed E-state index contributed by atoms with van der Waals surface area (Å²) in [5.41, 5.74) is 6.77. The van der Waals surface area contributed by atoms with E-state index in [9.17, 15) is 0 Å². The summed E-state index contributed by atoms with van der Waals surface area (Å²) in [7, 11) is 0. The SMILES string of the molecule is C1CC2(CN=NN2)Cc2n[nH]nc2Cc2n[nH]nc21. The molecule has 19 heavy (non-hydrogen) atoms. The summed E-state index contributed by atoms with van der Waals surface area (Å²) in [5.74, 6) is 0. The van der Waals surface area contributed by atoms with Gasteiger partial charge in [0, 0.05) is 12.8 Å². The number of aromatic amines is 2. The van der Waals surface area contributed by atoms with Gasteiger partial charge < -0.3 is 0 Å². The van der Waals surface area contributed by atoms with E-state index in [0.717, 1.165) is 42.0 Å². The lowest BCUT2D eigenvalue weighted by atomic mass is 9.89. The largest absolute Gasteiger partial charge is 0.283 e. The third kappa shape index (κ3) is 1.69. The molecule has 98 valence electrons. The second-order valence-electron chi connectivity index (χ2n) is 5.08. The fourth-order valence-electron chi connectivity index (χ4n) is 2.68. The summed E-state index contributed by atoms with van der Waals surface area (Å²) in [4.78, 5) is 0. The van der Waals surface area contributed by atoms with Crippen molar-refractivity contribution in [2.45, 2.75) is 31.2 Å². The Morgan fingerprint density at radius 3 is 2.42 bits per heavy atom. The first kappa shape index (κ1) is 10.6. The molecule has 1 atom stereocenters. The predicted molar refractivity (Wildman–Crippen MR) is 63.2 cm³/mol. The number of hydrogen-bond donors (Lipinski definition) is 3. The molecule has 2 aromatic rings. The van der Waals surface area contributed by atoms with Gasteiger partial charge in [0.2, 0.25) is 0 Å². The Morgan fingerprint density at radius 2 is 1.63 bits per heavy atom. The maximum Gasteiger partial charge on any atom is 0.0918 e.